The van der Waals surface area contributed by atoms with Gasteiger partial charge in [0, 0.05) is 14.3 Å². The van der Waals surface area contributed by atoms with E-state index in [0.29, 0.717) is 6.42 Å². The second-order valence-electron chi connectivity index (χ2n) is 4.34. The lowest BCUT2D eigenvalue weighted by Crippen LogP contribution is -2.06. The van der Waals surface area contributed by atoms with Gasteiger partial charge >= 0.3 is 0 Å². The highest BCUT2D eigenvalue weighted by molar-refractivity contribution is 9.10. The predicted octanol–water partition coefficient (Wildman–Crippen LogP) is 6.07. The van der Waals surface area contributed by atoms with Crippen LogP contribution in [0, 0.1) is 5.82 Å². The quantitative estimate of drug-likeness (QED) is 0.496. The molecule has 0 saturated carbocycles. The van der Waals surface area contributed by atoms with Crippen molar-refractivity contribution in [3.05, 3.63) is 68.4 Å². The number of rotatable bonds is 4. The zero-order chi connectivity index (χ0) is 13.8. The molecule has 0 aliphatic rings. The summed E-state index contributed by atoms with van der Waals surface area (Å²) in [6, 6.07) is 13.3. The van der Waals surface area contributed by atoms with Crippen molar-refractivity contribution < 1.29 is 4.39 Å². The first-order valence-corrected chi connectivity index (χ1v) is 8.56. The van der Waals surface area contributed by atoms with Gasteiger partial charge in [0.25, 0.3) is 0 Å². The molecule has 2 aromatic carbocycles. The molecular weight excluding hydrogens is 439 g/mol. The monoisotopic (exact) mass is 448 g/mol. The maximum absolute atomic E-state index is 13.8. The first-order valence-electron chi connectivity index (χ1n) is 5.85. The molecule has 0 amide bonds. The molecule has 0 N–H and O–H groups in total. The van der Waals surface area contributed by atoms with Gasteiger partial charge in [-0.3, -0.25) is 0 Å². The maximum Gasteiger partial charge on any atom is 0.126 e. The summed E-state index contributed by atoms with van der Waals surface area (Å²) in [6.07, 6.45) is 0.679. The molecule has 0 aromatic heterocycles. The fourth-order valence-corrected chi connectivity index (χ4v) is 3.24. The van der Waals surface area contributed by atoms with Crippen LogP contribution in [0.2, 0.25) is 0 Å². The van der Waals surface area contributed by atoms with Crippen molar-refractivity contribution in [1.82, 2.24) is 0 Å². The Kier molecular flexibility index (Phi) is 5.60. The van der Waals surface area contributed by atoms with Crippen molar-refractivity contribution in [2.75, 3.05) is 5.33 Å². The molecule has 100 valence electrons. The molecule has 2 rings (SSSR count). The van der Waals surface area contributed by atoms with Crippen LogP contribution in [0.5, 0.6) is 0 Å². The van der Waals surface area contributed by atoms with Crippen molar-refractivity contribution in [2.24, 2.45) is 0 Å². The lowest BCUT2D eigenvalue weighted by molar-refractivity contribution is 0.599. The summed E-state index contributed by atoms with van der Waals surface area (Å²) in [7, 11) is 0. The molecule has 0 aliphatic carbocycles. The Labute approximate surface area is 137 Å². The van der Waals surface area contributed by atoms with E-state index in [1.54, 1.807) is 6.07 Å². The van der Waals surface area contributed by atoms with Crippen molar-refractivity contribution in [1.29, 1.82) is 0 Å². The third-order valence-corrected chi connectivity index (χ3v) is 4.81. The van der Waals surface area contributed by atoms with E-state index in [-0.39, 0.29) is 11.7 Å². The van der Waals surface area contributed by atoms with Crippen LogP contribution in [-0.2, 0) is 6.42 Å². The van der Waals surface area contributed by atoms with E-state index >= 15 is 0 Å². The van der Waals surface area contributed by atoms with Gasteiger partial charge in [0.1, 0.15) is 5.82 Å². The van der Waals surface area contributed by atoms with Gasteiger partial charge in [-0.2, -0.15) is 0 Å². The summed E-state index contributed by atoms with van der Waals surface area (Å²) in [5, 5.41) is 0.806. The second kappa shape index (κ2) is 7.00. The number of hydrogen-bond donors (Lipinski definition) is 0. The molecular formula is C15H12Br3F. The van der Waals surface area contributed by atoms with Crippen LogP contribution < -0.4 is 0 Å². The van der Waals surface area contributed by atoms with E-state index in [1.807, 2.05) is 18.2 Å². The normalized spacial score (nSPS) is 12.4. The van der Waals surface area contributed by atoms with Crippen molar-refractivity contribution >= 4 is 47.8 Å². The number of halogens is 4. The van der Waals surface area contributed by atoms with Gasteiger partial charge in [0.05, 0.1) is 0 Å². The molecule has 4 heteroatoms. The van der Waals surface area contributed by atoms with Crippen LogP contribution in [0.3, 0.4) is 0 Å². The highest BCUT2D eigenvalue weighted by atomic mass is 79.9. The topological polar surface area (TPSA) is 0 Å². The molecule has 0 fully saturated rings. The Morgan fingerprint density at radius 3 is 2.21 bits per heavy atom. The summed E-state index contributed by atoms with van der Waals surface area (Å²) >= 11 is 10.3. The molecule has 0 saturated heterocycles. The number of alkyl halides is 1. The molecule has 19 heavy (non-hydrogen) atoms. The number of benzene rings is 2. The third-order valence-electron chi connectivity index (χ3n) is 3.00. The van der Waals surface area contributed by atoms with Crippen molar-refractivity contribution in [3.63, 3.8) is 0 Å². The van der Waals surface area contributed by atoms with E-state index in [2.05, 4.69) is 59.9 Å². The van der Waals surface area contributed by atoms with Gasteiger partial charge < -0.3 is 0 Å². The minimum atomic E-state index is -0.147. The van der Waals surface area contributed by atoms with Crippen LogP contribution in [0.25, 0.3) is 0 Å². The van der Waals surface area contributed by atoms with Crippen LogP contribution in [0.1, 0.15) is 17.0 Å². The van der Waals surface area contributed by atoms with Crippen LogP contribution in [0.4, 0.5) is 4.39 Å². The summed E-state index contributed by atoms with van der Waals surface area (Å²) in [4.78, 5) is 0. The predicted molar refractivity (Wildman–Crippen MR) is 88.5 cm³/mol. The Morgan fingerprint density at radius 2 is 1.58 bits per heavy atom. The summed E-state index contributed by atoms with van der Waals surface area (Å²) < 4.78 is 15.8. The van der Waals surface area contributed by atoms with Gasteiger partial charge in [0.15, 0.2) is 0 Å². The second-order valence-corrected chi connectivity index (χ2v) is 6.82. The zero-order valence-corrected chi connectivity index (χ0v) is 14.8. The Morgan fingerprint density at radius 1 is 0.947 bits per heavy atom. The molecule has 0 nitrogen and oxygen atoms in total. The lowest BCUT2D eigenvalue weighted by atomic mass is 9.93. The molecule has 0 radical (unpaired) electrons. The Balaban J connectivity index is 2.23. The Bertz CT molecular complexity index is 552. The minimum Gasteiger partial charge on any atom is -0.207 e. The summed E-state index contributed by atoms with van der Waals surface area (Å²) in [5.41, 5.74) is 1.95. The average molecular weight is 451 g/mol. The lowest BCUT2D eigenvalue weighted by Gasteiger charge is -2.15. The summed E-state index contributed by atoms with van der Waals surface area (Å²) in [5.74, 6) is 0.114. The molecule has 2 aromatic rings. The van der Waals surface area contributed by atoms with Crippen LogP contribution in [-0.4, -0.2) is 5.33 Å². The fraction of sp³-hybridized carbons (Fsp3) is 0.200. The SMILES string of the molecule is Fc1ccc(Br)cc1CC(CBr)c1ccc(Br)cc1. The number of hydrogen-bond acceptors (Lipinski definition) is 0. The van der Waals surface area contributed by atoms with Gasteiger partial charge in [-0.25, -0.2) is 4.39 Å². The average Bonchev–Trinajstić information content (AvgIpc) is 2.41. The van der Waals surface area contributed by atoms with E-state index in [1.165, 1.54) is 11.6 Å². The van der Waals surface area contributed by atoms with E-state index in [9.17, 15) is 4.39 Å². The van der Waals surface area contributed by atoms with E-state index in [4.69, 9.17) is 0 Å². The molecule has 0 aliphatic heterocycles. The third kappa shape index (κ3) is 4.14. The van der Waals surface area contributed by atoms with Gasteiger partial charge in [-0.15, -0.1) is 0 Å². The molecule has 0 heterocycles. The molecule has 1 atom stereocenters. The van der Waals surface area contributed by atoms with Crippen LogP contribution in [0.15, 0.2) is 51.4 Å². The first kappa shape index (κ1) is 15.2. The smallest absolute Gasteiger partial charge is 0.126 e. The van der Waals surface area contributed by atoms with Gasteiger partial charge in [-0.1, -0.05) is 59.9 Å². The molecule has 0 spiro atoms. The van der Waals surface area contributed by atoms with Gasteiger partial charge in [-0.05, 0) is 53.8 Å². The maximum atomic E-state index is 13.8. The highest BCUT2D eigenvalue weighted by Crippen LogP contribution is 2.27. The Hall–Kier alpha value is -0.190. The first-order chi connectivity index (χ1) is 9.10. The van der Waals surface area contributed by atoms with Crippen molar-refractivity contribution in [2.45, 2.75) is 12.3 Å². The fourth-order valence-electron chi connectivity index (χ4n) is 1.96. The standard InChI is InChI=1S/C15H12Br3F/c16-9-12(10-1-3-13(17)4-2-10)7-11-8-14(18)5-6-15(11)19/h1-6,8,12H,7,9H2. The summed E-state index contributed by atoms with van der Waals surface area (Å²) in [6.45, 7) is 0. The van der Waals surface area contributed by atoms with E-state index in [0.717, 1.165) is 19.8 Å². The van der Waals surface area contributed by atoms with Gasteiger partial charge in [0.2, 0.25) is 0 Å². The molecule has 1 unspecified atom stereocenters. The van der Waals surface area contributed by atoms with Crippen molar-refractivity contribution in [3.8, 4) is 0 Å². The minimum absolute atomic E-state index is 0.147. The molecule has 0 bridgehead atoms. The highest BCUT2D eigenvalue weighted by Gasteiger charge is 2.14. The largest absolute Gasteiger partial charge is 0.207 e. The zero-order valence-electron chi connectivity index (χ0n) is 10.0. The van der Waals surface area contributed by atoms with E-state index < -0.39 is 0 Å². The van der Waals surface area contributed by atoms with Crippen LogP contribution >= 0.6 is 47.8 Å².